The zero-order valence-electron chi connectivity index (χ0n) is 8.69. The molecule has 1 aromatic carbocycles. The molecule has 2 aromatic rings. The van der Waals surface area contributed by atoms with Gasteiger partial charge in [-0.15, -0.1) is 0 Å². The molecule has 1 aromatic heterocycles. The van der Waals surface area contributed by atoms with E-state index in [0.29, 0.717) is 0 Å². The Labute approximate surface area is 102 Å². The summed E-state index contributed by atoms with van der Waals surface area (Å²) in [5, 5.41) is 1.10. The second kappa shape index (κ2) is 4.11. The minimum absolute atomic E-state index is 0.145. The van der Waals surface area contributed by atoms with E-state index in [1.807, 2.05) is 12.1 Å². The van der Waals surface area contributed by atoms with Crippen LogP contribution in [0.2, 0.25) is 0 Å². The van der Waals surface area contributed by atoms with Gasteiger partial charge in [-0.1, -0.05) is 15.9 Å². The number of rotatable bonds is 1. The standard InChI is InChI=1S/C12H11BrN2O/c13-8-3-4-9-10(6-8)14-7-15-12(9)11-2-1-5-16-11/h3-4,6-7,11H,1-2,5H2. The third-order valence-corrected chi connectivity index (χ3v) is 3.36. The lowest BCUT2D eigenvalue weighted by molar-refractivity contribution is 0.110. The van der Waals surface area contributed by atoms with E-state index in [0.717, 1.165) is 40.5 Å². The lowest BCUT2D eigenvalue weighted by Crippen LogP contribution is -2.01. The molecule has 1 aliphatic heterocycles. The number of nitrogens with zero attached hydrogens (tertiary/aromatic N) is 2. The molecule has 0 amide bonds. The average molecular weight is 279 g/mol. The van der Waals surface area contributed by atoms with E-state index in [4.69, 9.17) is 4.74 Å². The summed E-state index contributed by atoms with van der Waals surface area (Å²) in [5.74, 6) is 0. The van der Waals surface area contributed by atoms with Crippen molar-refractivity contribution in [2.45, 2.75) is 18.9 Å². The normalized spacial score (nSPS) is 20.4. The van der Waals surface area contributed by atoms with Crippen molar-refractivity contribution < 1.29 is 4.74 Å². The topological polar surface area (TPSA) is 35.0 Å². The third kappa shape index (κ3) is 1.72. The van der Waals surface area contributed by atoms with Gasteiger partial charge in [0.1, 0.15) is 12.4 Å². The van der Waals surface area contributed by atoms with Gasteiger partial charge in [0, 0.05) is 16.5 Å². The Morgan fingerprint density at radius 2 is 2.25 bits per heavy atom. The first-order valence-corrected chi connectivity index (χ1v) is 6.15. The summed E-state index contributed by atoms with van der Waals surface area (Å²) in [6.45, 7) is 0.840. The van der Waals surface area contributed by atoms with E-state index in [9.17, 15) is 0 Å². The van der Waals surface area contributed by atoms with E-state index in [1.54, 1.807) is 6.33 Å². The van der Waals surface area contributed by atoms with Gasteiger partial charge >= 0.3 is 0 Å². The molecule has 0 spiro atoms. The van der Waals surface area contributed by atoms with Crippen molar-refractivity contribution in [2.75, 3.05) is 6.61 Å². The highest BCUT2D eigenvalue weighted by atomic mass is 79.9. The number of aromatic nitrogens is 2. The predicted octanol–water partition coefficient (Wildman–Crippen LogP) is 3.24. The molecule has 2 heterocycles. The number of hydrogen-bond donors (Lipinski definition) is 0. The van der Waals surface area contributed by atoms with Crippen LogP contribution in [0.25, 0.3) is 10.9 Å². The molecule has 16 heavy (non-hydrogen) atoms. The summed E-state index contributed by atoms with van der Waals surface area (Å²) in [6, 6.07) is 6.08. The smallest absolute Gasteiger partial charge is 0.116 e. The number of hydrogen-bond acceptors (Lipinski definition) is 3. The summed E-state index contributed by atoms with van der Waals surface area (Å²) >= 11 is 3.45. The van der Waals surface area contributed by atoms with Gasteiger partial charge in [0.05, 0.1) is 11.2 Å². The molecule has 0 N–H and O–H groups in total. The maximum Gasteiger partial charge on any atom is 0.116 e. The van der Waals surface area contributed by atoms with Crippen molar-refractivity contribution in [1.82, 2.24) is 9.97 Å². The van der Waals surface area contributed by atoms with Crippen LogP contribution in [0.5, 0.6) is 0 Å². The highest BCUT2D eigenvalue weighted by molar-refractivity contribution is 9.10. The van der Waals surface area contributed by atoms with Crippen LogP contribution >= 0.6 is 15.9 Å². The number of fused-ring (bicyclic) bond motifs is 1. The van der Waals surface area contributed by atoms with Gasteiger partial charge in [0.15, 0.2) is 0 Å². The molecule has 1 atom stereocenters. The molecule has 4 heteroatoms. The fourth-order valence-electron chi connectivity index (χ4n) is 2.10. The van der Waals surface area contributed by atoms with E-state index >= 15 is 0 Å². The van der Waals surface area contributed by atoms with Gasteiger partial charge < -0.3 is 4.74 Å². The SMILES string of the molecule is Brc1ccc2c(C3CCCO3)ncnc2c1. The van der Waals surface area contributed by atoms with E-state index in [-0.39, 0.29) is 6.10 Å². The minimum Gasteiger partial charge on any atom is -0.372 e. The third-order valence-electron chi connectivity index (χ3n) is 2.86. The van der Waals surface area contributed by atoms with Crippen molar-refractivity contribution in [3.8, 4) is 0 Å². The summed E-state index contributed by atoms with van der Waals surface area (Å²) in [6.07, 6.45) is 3.94. The summed E-state index contributed by atoms with van der Waals surface area (Å²) in [4.78, 5) is 8.64. The van der Waals surface area contributed by atoms with Crippen LogP contribution in [0.15, 0.2) is 29.0 Å². The summed E-state index contributed by atoms with van der Waals surface area (Å²) in [7, 11) is 0. The van der Waals surface area contributed by atoms with Crippen molar-refractivity contribution in [3.05, 3.63) is 34.7 Å². The van der Waals surface area contributed by atoms with Gasteiger partial charge in [-0.3, -0.25) is 0 Å². The first kappa shape index (κ1) is 10.2. The van der Waals surface area contributed by atoms with Crippen LogP contribution in [0, 0.1) is 0 Å². The molecule has 1 saturated heterocycles. The molecule has 3 rings (SSSR count). The Morgan fingerprint density at radius 1 is 1.31 bits per heavy atom. The highest BCUT2D eigenvalue weighted by Gasteiger charge is 2.21. The lowest BCUT2D eigenvalue weighted by Gasteiger charge is -2.11. The van der Waals surface area contributed by atoms with Crippen molar-refractivity contribution in [2.24, 2.45) is 0 Å². The van der Waals surface area contributed by atoms with E-state index < -0.39 is 0 Å². The van der Waals surface area contributed by atoms with Crippen LogP contribution in [0.3, 0.4) is 0 Å². The highest BCUT2D eigenvalue weighted by Crippen LogP contribution is 2.31. The minimum atomic E-state index is 0.145. The maximum atomic E-state index is 5.68. The van der Waals surface area contributed by atoms with Gasteiger partial charge in [-0.05, 0) is 31.0 Å². The Hall–Kier alpha value is -1.00. The fourth-order valence-corrected chi connectivity index (χ4v) is 2.45. The monoisotopic (exact) mass is 278 g/mol. The van der Waals surface area contributed by atoms with Crippen LogP contribution in [-0.2, 0) is 4.74 Å². The summed E-state index contributed by atoms with van der Waals surface area (Å²) in [5.41, 5.74) is 1.99. The van der Waals surface area contributed by atoms with E-state index in [1.165, 1.54) is 0 Å². The zero-order valence-corrected chi connectivity index (χ0v) is 10.3. The van der Waals surface area contributed by atoms with Gasteiger partial charge in [0.2, 0.25) is 0 Å². The molecular weight excluding hydrogens is 268 g/mol. The Morgan fingerprint density at radius 3 is 3.06 bits per heavy atom. The lowest BCUT2D eigenvalue weighted by atomic mass is 10.1. The first-order chi connectivity index (χ1) is 7.84. The fraction of sp³-hybridized carbons (Fsp3) is 0.333. The number of benzene rings is 1. The predicted molar refractivity (Wildman–Crippen MR) is 65.2 cm³/mol. The van der Waals surface area contributed by atoms with E-state index in [2.05, 4.69) is 32.0 Å². The number of ether oxygens (including phenoxy) is 1. The average Bonchev–Trinajstić information content (AvgIpc) is 2.81. The molecule has 82 valence electrons. The van der Waals surface area contributed by atoms with Gasteiger partial charge in [0.25, 0.3) is 0 Å². The molecule has 0 bridgehead atoms. The van der Waals surface area contributed by atoms with Crippen LogP contribution in [-0.4, -0.2) is 16.6 Å². The maximum absolute atomic E-state index is 5.68. The van der Waals surface area contributed by atoms with Crippen LogP contribution < -0.4 is 0 Å². The molecule has 0 radical (unpaired) electrons. The summed E-state index contributed by atoms with van der Waals surface area (Å²) < 4.78 is 6.71. The van der Waals surface area contributed by atoms with Crippen molar-refractivity contribution in [3.63, 3.8) is 0 Å². The van der Waals surface area contributed by atoms with Crippen molar-refractivity contribution >= 4 is 26.8 Å². The zero-order chi connectivity index (χ0) is 11.0. The molecule has 1 unspecified atom stereocenters. The molecule has 3 nitrogen and oxygen atoms in total. The van der Waals surface area contributed by atoms with Crippen LogP contribution in [0.1, 0.15) is 24.6 Å². The Kier molecular flexibility index (Phi) is 2.61. The quantitative estimate of drug-likeness (QED) is 0.803. The molecular formula is C12H11BrN2O. The van der Waals surface area contributed by atoms with Crippen molar-refractivity contribution in [1.29, 1.82) is 0 Å². The molecule has 1 fully saturated rings. The second-order valence-electron chi connectivity index (χ2n) is 3.92. The van der Waals surface area contributed by atoms with Gasteiger partial charge in [-0.25, -0.2) is 9.97 Å². The molecule has 0 aliphatic carbocycles. The van der Waals surface area contributed by atoms with Crippen LogP contribution in [0.4, 0.5) is 0 Å². The molecule has 0 saturated carbocycles. The molecule has 1 aliphatic rings. The number of halogens is 1. The second-order valence-corrected chi connectivity index (χ2v) is 4.84. The van der Waals surface area contributed by atoms with Gasteiger partial charge in [-0.2, -0.15) is 0 Å². The Bertz CT molecular complexity index is 523. The first-order valence-electron chi connectivity index (χ1n) is 5.36. The largest absolute Gasteiger partial charge is 0.372 e. The Balaban J connectivity index is 2.16.